The van der Waals surface area contributed by atoms with E-state index in [0.717, 1.165) is 34.2 Å². The number of H-pyrrole nitrogens is 2. The van der Waals surface area contributed by atoms with Gasteiger partial charge in [0.15, 0.2) is 103 Å². The number of alkyl halides is 8. The lowest BCUT2D eigenvalue weighted by Crippen LogP contribution is -2.52. The highest BCUT2D eigenvalue weighted by Gasteiger charge is 2.65. The van der Waals surface area contributed by atoms with Crippen LogP contribution >= 0.6 is 46.4 Å². The van der Waals surface area contributed by atoms with Crippen LogP contribution in [0.1, 0.15) is 136 Å². The Morgan fingerprint density at radius 1 is 0.467 bits per heavy atom. The molecule has 5 N–H and O–H groups in total. The van der Waals surface area contributed by atoms with Crippen LogP contribution in [-0.4, -0.2) is 247 Å². The molecule has 4 fully saturated rings. The number of hydrazone groups is 1. The highest BCUT2D eigenvalue weighted by molar-refractivity contribution is 6.19. The van der Waals surface area contributed by atoms with Gasteiger partial charge in [0.1, 0.15) is 51.1 Å². The molecule has 17 atom stereocenters. The fourth-order valence-electron chi connectivity index (χ4n) is 11.0. The summed E-state index contributed by atoms with van der Waals surface area (Å²) >= 11 is 24.3. The number of amides is 2. The Hall–Kier alpha value is -9.54. The van der Waals surface area contributed by atoms with Crippen molar-refractivity contribution >= 4 is 112 Å². The van der Waals surface area contributed by atoms with E-state index in [1.54, 1.807) is 111 Å². The van der Waals surface area contributed by atoms with Gasteiger partial charge in [-0.25, -0.2) is 46.4 Å². The fourth-order valence-corrected chi connectivity index (χ4v) is 12.2. The van der Waals surface area contributed by atoms with Gasteiger partial charge < -0.3 is 67.9 Å². The van der Waals surface area contributed by atoms with E-state index in [1.807, 2.05) is 9.97 Å². The van der Waals surface area contributed by atoms with E-state index in [1.165, 1.54) is 23.6 Å². The number of aromatic amines is 2. The third-order valence-corrected chi connectivity index (χ3v) is 19.9. The minimum absolute atomic E-state index is 0.156. The van der Waals surface area contributed by atoms with Gasteiger partial charge in [0, 0.05) is 12.3 Å². The molecule has 5 aliphatic rings. The van der Waals surface area contributed by atoms with Gasteiger partial charge in [-0.1, -0.05) is 111 Å². The maximum atomic E-state index is 15.6. The number of nitrogens with zero attached hydrogens (tertiary/aromatic N) is 11. The normalized spacial score (nSPS) is 27.4. The summed E-state index contributed by atoms with van der Waals surface area (Å²) in [5.74, 6) is -11.0. The summed E-state index contributed by atoms with van der Waals surface area (Å²) in [6.45, 7) is 23.5. The van der Waals surface area contributed by atoms with Crippen LogP contribution in [0.5, 0.6) is 0 Å². The van der Waals surface area contributed by atoms with E-state index in [9.17, 15) is 67.1 Å². The maximum absolute atomic E-state index is 15.6. The smallest absolute Gasteiger partial charge is 0.368 e. The van der Waals surface area contributed by atoms with Crippen molar-refractivity contribution in [1.29, 1.82) is 0 Å². The van der Waals surface area contributed by atoms with E-state index < -0.39 is 264 Å². The number of nitrogens with one attached hydrogen (secondary N) is 3. The van der Waals surface area contributed by atoms with Gasteiger partial charge in [-0.2, -0.15) is 39.8 Å². The average molecular weight is 1790 g/mol. The van der Waals surface area contributed by atoms with Crippen LogP contribution in [0.4, 0.5) is 28.2 Å². The quantitative estimate of drug-likeness (QED) is 0.0260. The van der Waals surface area contributed by atoms with Gasteiger partial charge in [-0.3, -0.25) is 62.5 Å². The van der Waals surface area contributed by atoms with Crippen molar-refractivity contribution < 1.29 is 118 Å². The Morgan fingerprint density at radius 3 is 1.14 bits per heavy atom. The third kappa shape index (κ3) is 23.8. The van der Waals surface area contributed by atoms with Crippen LogP contribution in [0.25, 0.3) is 0 Å². The first kappa shape index (κ1) is 99.3. The Morgan fingerprint density at radius 2 is 0.808 bits per heavy atom. The number of esters is 8. The first-order valence-electron chi connectivity index (χ1n) is 37.3. The van der Waals surface area contributed by atoms with E-state index >= 15 is 17.6 Å². The van der Waals surface area contributed by atoms with Crippen molar-refractivity contribution in [3.63, 3.8) is 0 Å². The summed E-state index contributed by atoms with van der Waals surface area (Å²) in [5.41, 5.74) is -5.90. The number of nitrogens with two attached hydrogens (primary N) is 1. The molecule has 0 radical (unpaired) electrons. The lowest BCUT2D eigenvalue weighted by atomic mass is 9.98. The molecule has 4 aromatic rings. The number of aromatic nitrogens is 11. The van der Waals surface area contributed by atoms with Crippen LogP contribution in [-0.2, 0) is 95.2 Å². The summed E-state index contributed by atoms with van der Waals surface area (Å²) in [4.78, 5) is 179. The van der Waals surface area contributed by atoms with Gasteiger partial charge in [0.25, 0.3) is 11.1 Å². The minimum atomic E-state index is -2.08. The Labute approximate surface area is 701 Å². The zero-order valence-electron chi connectivity index (χ0n) is 68.0. The topological polar surface area (TPSA) is 519 Å². The maximum Gasteiger partial charge on any atom is 0.368 e. The van der Waals surface area contributed by atoms with Crippen molar-refractivity contribution in [3.05, 3.63) is 89.5 Å². The monoisotopic (exact) mass is 1790 g/mol. The molecule has 0 spiro atoms. The van der Waals surface area contributed by atoms with Crippen molar-refractivity contribution in [2.24, 2.45) is 52.4 Å². The highest BCUT2D eigenvalue weighted by atomic mass is 35.5. The van der Waals surface area contributed by atoms with Crippen molar-refractivity contribution in [2.45, 2.75) is 213 Å². The Bertz CT molecular complexity index is 4440. The van der Waals surface area contributed by atoms with Crippen LogP contribution < -0.4 is 39.2 Å². The zero-order chi connectivity index (χ0) is 90.1. The molecule has 5 aliphatic heterocycles. The standard InChI is InChI=1S/C19H26ClFN6O6.C18H24ClFN2O7.C17H24ClFN4O6.C17H23ClFN3O7/c1-10(2)16(28)31-7-19(6-20)14(32-17(29)11(3)4)13(21)15(33-19)27-18(30)25-12(5-23-27)26-9-22-8-24-26;1-9(2)15(24)27-8-18(7-19)13(28-16(25)10(3)4)12(20)14(29-18)22-6-5-11(23)21-17(22)26;1-8(2)14(24)27-7-17(6-18)12(28-15(25)9(3)4)11(19)13(29-17)23-16(26)22-10(20)5-21-23;1-8(2)14(24)27-7-17(6-18)12(28-15(25)9(3)4)11(19)13(29-17)22-16(26)21-10(23)5-20-22/h5,8-15H,6-7H2,1-4H3,(H,25,30);5-6,9-10,12-14H,7-8H2,1-4H3,(H,21,23,26);5,8-9,11-13H,6-7H2,1-4H3,(H2,20,22,26);5,8-9,11-13H,6-7H2,1-4H3,(H,21,23,26)/t12?,13-,14+,15-,19-;12-,13+,14-,18-;11-,12+,13-,17-;11-,12+,13?,17-/m1111/s1. The average Bonchev–Trinajstić information content (AvgIpc) is 1.62. The van der Waals surface area contributed by atoms with Gasteiger partial charge in [-0.05, 0) is 0 Å². The van der Waals surface area contributed by atoms with Crippen LogP contribution in [0, 0.1) is 47.3 Å². The summed E-state index contributed by atoms with van der Waals surface area (Å²) in [7, 11) is 0. The van der Waals surface area contributed by atoms with Crippen molar-refractivity contribution in [2.75, 3.05) is 55.7 Å². The molecule has 9 heterocycles. The first-order valence-corrected chi connectivity index (χ1v) is 39.5. The van der Waals surface area contributed by atoms with Gasteiger partial charge >= 0.3 is 70.9 Å². The predicted octanol–water partition coefficient (Wildman–Crippen LogP) is 3.75. The van der Waals surface area contributed by atoms with Gasteiger partial charge in [0.2, 0.25) is 0 Å². The molecule has 120 heavy (non-hydrogen) atoms. The minimum Gasteiger partial charge on any atom is -0.462 e. The van der Waals surface area contributed by atoms with Crippen LogP contribution in [0.2, 0.25) is 0 Å². The molecule has 0 aliphatic carbocycles. The molecule has 41 nitrogen and oxygen atoms in total. The number of carbonyl (C=O) groups excluding carboxylic acids is 9. The van der Waals surface area contributed by atoms with Crippen LogP contribution in [0.3, 0.4) is 0 Å². The molecule has 4 aromatic heterocycles. The van der Waals surface area contributed by atoms with Crippen LogP contribution in [0.15, 0.2) is 66.4 Å². The summed E-state index contributed by atoms with van der Waals surface area (Å²) in [6, 6.07) is 0.232. The number of halogens is 8. The Balaban J connectivity index is 0.000000248. The number of carbonyl (C=O) groups is 9. The van der Waals surface area contributed by atoms with Gasteiger partial charge in [-0.15, -0.1) is 46.4 Å². The number of rotatable bonds is 29. The molecular formula is C71H97Cl4F4N15O26. The molecule has 668 valence electrons. The second-order valence-electron chi connectivity index (χ2n) is 30.4. The molecule has 0 saturated carbocycles. The number of ether oxygens (including phenoxy) is 12. The van der Waals surface area contributed by atoms with E-state index in [4.69, 9.17) is 109 Å². The predicted molar refractivity (Wildman–Crippen MR) is 410 cm³/mol. The lowest BCUT2D eigenvalue weighted by molar-refractivity contribution is -0.179. The SMILES string of the molecule is CC(C)C(=O)OC[C@@]1(CCl)OC(n2ncc(=O)[nH]c2=O)[C@H](F)[C@@H]1OC(=O)C(C)C.CC(C)C(=O)OC[C@@]1(CCl)O[C@@H](N2N=CC(n3cncn3)NC2=O)[C@H](F)[C@@H]1OC(=O)C(C)C.CC(C)C(=O)OC[C@@]1(CCl)O[C@@H](n2ccc(=O)[nH]c2=O)[C@H](F)[C@@H]1OC(=O)C(C)C.CC(C)C(=O)OC[C@@]1(CCl)O[C@@H](n2ncc(N)nc2=O)[C@H](F)[C@@H]1OC(=O)C(C)C. The molecule has 0 bridgehead atoms. The van der Waals surface area contributed by atoms with E-state index in [-0.39, 0.29) is 23.5 Å². The largest absolute Gasteiger partial charge is 0.462 e. The molecule has 9 rings (SSSR count). The number of anilines is 1. The summed E-state index contributed by atoms with van der Waals surface area (Å²) < 4.78 is 130. The second kappa shape index (κ2) is 42.8. The molecule has 49 heteroatoms. The Kier molecular flexibility index (Phi) is 35.4. The van der Waals surface area contributed by atoms with E-state index in [0.29, 0.717) is 9.36 Å². The molecule has 4 saturated heterocycles. The van der Waals surface area contributed by atoms with Crippen molar-refractivity contribution in [1.82, 2.24) is 64.2 Å². The summed E-state index contributed by atoms with van der Waals surface area (Å²) in [6.07, 6.45) is -14.7. The summed E-state index contributed by atoms with van der Waals surface area (Å²) in [5, 5.41) is 18.6. The number of urea groups is 1. The second-order valence-corrected chi connectivity index (χ2v) is 31.5. The lowest BCUT2D eigenvalue weighted by Gasteiger charge is -2.33. The number of nitrogen functional groups attached to an aromatic ring is 1. The molecular weight excluding hydrogens is 1700 g/mol. The van der Waals surface area contributed by atoms with Gasteiger partial charge in [0.05, 0.1) is 83.3 Å². The van der Waals surface area contributed by atoms with Crippen molar-refractivity contribution in [3.8, 4) is 0 Å². The molecule has 0 aromatic carbocycles. The number of hydrogen-bond donors (Lipinski definition) is 4. The first-order chi connectivity index (χ1) is 56.1. The zero-order valence-corrected chi connectivity index (χ0v) is 71.0. The third-order valence-electron chi connectivity index (χ3n) is 18.1. The fraction of sp³-hybridized carbons (Fsp3) is 0.690. The van der Waals surface area contributed by atoms with E-state index in [2.05, 4.69) is 35.7 Å². The molecule has 2 unspecified atom stereocenters. The highest BCUT2D eigenvalue weighted by Crippen LogP contribution is 2.46. The molecule has 2 amide bonds. The number of hydrogen-bond acceptors (Lipinski definition) is 33.